The molecule has 5 nitrogen and oxygen atoms in total. The van der Waals surface area contributed by atoms with Crippen molar-refractivity contribution in [3.63, 3.8) is 0 Å². The van der Waals surface area contributed by atoms with E-state index in [1.165, 1.54) is 11.3 Å². The standard InChI is InChI=1S/C19H20N2O3S/c1-3-24-19(23)16(21-18(22)17-9-8-12(2)25-17)10-13-11-20-15-7-5-4-6-14(13)15/h4-9,11,16,20H,3,10H2,1-2H3,(H,21,22)/t16-/m1/s1. The number of carbonyl (C=O) groups is 2. The second kappa shape index (κ2) is 7.53. The maximum absolute atomic E-state index is 12.5. The van der Waals surface area contributed by atoms with Crippen LogP contribution in [-0.2, 0) is 16.0 Å². The van der Waals surface area contributed by atoms with E-state index in [2.05, 4.69) is 10.3 Å². The second-order valence-electron chi connectivity index (χ2n) is 5.75. The molecule has 6 heteroatoms. The van der Waals surface area contributed by atoms with Gasteiger partial charge in [0.2, 0.25) is 0 Å². The number of carbonyl (C=O) groups excluding carboxylic acids is 2. The molecule has 1 amide bonds. The van der Waals surface area contributed by atoms with E-state index < -0.39 is 12.0 Å². The van der Waals surface area contributed by atoms with Crippen molar-refractivity contribution in [1.29, 1.82) is 0 Å². The third kappa shape index (κ3) is 3.91. The molecule has 3 aromatic rings. The van der Waals surface area contributed by atoms with Crippen molar-refractivity contribution >= 4 is 34.1 Å². The Morgan fingerprint density at radius 3 is 2.76 bits per heavy atom. The SMILES string of the molecule is CCOC(=O)[C@@H](Cc1c[nH]c2ccccc12)NC(=O)c1ccc(C)s1. The summed E-state index contributed by atoms with van der Waals surface area (Å²) in [5.74, 6) is -0.676. The maximum Gasteiger partial charge on any atom is 0.328 e. The molecule has 0 bridgehead atoms. The van der Waals surface area contributed by atoms with Crippen LogP contribution >= 0.6 is 11.3 Å². The average Bonchev–Trinajstić information content (AvgIpc) is 3.21. The molecule has 3 rings (SSSR count). The zero-order valence-corrected chi connectivity index (χ0v) is 15.0. The highest BCUT2D eigenvalue weighted by atomic mass is 32.1. The van der Waals surface area contributed by atoms with Crippen molar-refractivity contribution < 1.29 is 14.3 Å². The van der Waals surface area contributed by atoms with Gasteiger partial charge < -0.3 is 15.0 Å². The van der Waals surface area contributed by atoms with E-state index in [1.54, 1.807) is 13.0 Å². The first kappa shape index (κ1) is 17.2. The van der Waals surface area contributed by atoms with Crippen molar-refractivity contribution in [2.45, 2.75) is 26.3 Å². The molecule has 2 N–H and O–H groups in total. The number of para-hydroxylation sites is 1. The molecule has 0 unspecified atom stereocenters. The van der Waals surface area contributed by atoms with Crippen LogP contribution in [0, 0.1) is 6.92 Å². The summed E-state index contributed by atoms with van der Waals surface area (Å²) < 4.78 is 5.15. The Morgan fingerprint density at radius 2 is 2.04 bits per heavy atom. The Bertz CT molecular complexity index is 897. The molecule has 130 valence electrons. The number of H-pyrrole nitrogens is 1. The number of rotatable bonds is 6. The van der Waals surface area contributed by atoms with Gasteiger partial charge in [-0.05, 0) is 37.6 Å². The average molecular weight is 356 g/mol. The molecular weight excluding hydrogens is 336 g/mol. The fourth-order valence-electron chi connectivity index (χ4n) is 2.74. The summed E-state index contributed by atoms with van der Waals surface area (Å²) in [4.78, 5) is 29.6. The third-order valence-corrected chi connectivity index (χ3v) is 4.94. The predicted octanol–water partition coefficient (Wildman–Crippen LogP) is 3.44. The molecule has 0 saturated carbocycles. The number of thiophene rings is 1. The van der Waals surface area contributed by atoms with Gasteiger partial charge in [0.1, 0.15) is 6.04 Å². The second-order valence-corrected chi connectivity index (χ2v) is 7.04. The van der Waals surface area contributed by atoms with E-state index in [1.807, 2.05) is 43.5 Å². The van der Waals surface area contributed by atoms with Gasteiger partial charge in [-0.2, -0.15) is 0 Å². The lowest BCUT2D eigenvalue weighted by Crippen LogP contribution is -2.43. The lowest BCUT2D eigenvalue weighted by atomic mass is 10.0. The molecule has 25 heavy (non-hydrogen) atoms. The molecule has 0 saturated heterocycles. The van der Waals surface area contributed by atoms with Gasteiger partial charge in [0.15, 0.2) is 0 Å². The van der Waals surface area contributed by atoms with Gasteiger partial charge in [0.25, 0.3) is 5.91 Å². The quantitative estimate of drug-likeness (QED) is 0.665. The van der Waals surface area contributed by atoms with E-state index in [4.69, 9.17) is 4.74 Å². The Kier molecular flexibility index (Phi) is 5.19. The van der Waals surface area contributed by atoms with Crippen LogP contribution in [-0.4, -0.2) is 29.5 Å². The first-order chi connectivity index (χ1) is 12.1. The van der Waals surface area contributed by atoms with Gasteiger partial charge in [-0.3, -0.25) is 4.79 Å². The smallest absolute Gasteiger partial charge is 0.328 e. The first-order valence-corrected chi connectivity index (χ1v) is 8.99. The molecule has 2 aromatic heterocycles. The molecule has 0 fully saturated rings. The van der Waals surface area contributed by atoms with Gasteiger partial charge >= 0.3 is 5.97 Å². The molecule has 2 heterocycles. The number of aromatic amines is 1. The van der Waals surface area contributed by atoms with E-state index >= 15 is 0 Å². The Balaban J connectivity index is 1.82. The minimum Gasteiger partial charge on any atom is -0.464 e. The summed E-state index contributed by atoms with van der Waals surface area (Å²) in [6, 6.07) is 10.8. The highest BCUT2D eigenvalue weighted by Crippen LogP contribution is 2.20. The van der Waals surface area contributed by atoms with Crippen LogP contribution < -0.4 is 5.32 Å². The van der Waals surface area contributed by atoms with E-state index in [0.29, 0.717) is 11.3 Å². The summed E-state index contributed by atoms with van der Waals surface area (Å²) in [6.07, 6.45) is 2.25. The highest BCUT2D eigenvalue weighted by Gasteiger charge is 2.24. The number of aryl methyl sites for hydroxylation is 1. The summed E-state index contributed by atoms with van der Waals surface area (Å²) in [5.41, 5.74) is 1.97. The molecule has 0 aliphatic heterocycles. The highest BCUT2D eigenvalue weighted by molar-refractivity contribution is 7.13. The van der Waals surface area contributed by atoms with Crippen molar-refractivity contribution in [2.24, 2.45) is 0 Å². The van der Waals surface area contributed by atoms with Crippen molar-refractivity contribution in [2.75, 3.05) is 6.61 Å². The minimum atomic E-state index is -0.728. The largest absolute Gasteiger partial charge is 0.464 e. The molecule has 0 radical (unpaired) electrons. The molecule has 0 aliphatic rings. The van der Waals surface area contributed by atoms with Crippen LogP contribution in [0.15, 0.2) is 42.6 Å². The molecular formula is C19H20N2O3S. The normalized spacial score (nSPS) is 12.1. The van der Waals surface area contributed by atoms with Crippen LogP contribution in [0.1, 0.15) is 27.0 Å². The number of esters is 1. The van der Waals surface area contributed by atoms with E-state index in [9.17, 15) is 9.59 Å². The van der Waals surface area contributed by atoms with Crippen LogP contribution in [0.3, 0.4) is 0 Å². The van der Waals surface area contributed by atoms with Crippen molar-refractivity contribution in [3.8, 4) is 0 Å². The van der Waals surface area contributed by atoms with Crippen molar-refractivity contribution in [3.05, 3.63) is 57.9 Å². The number of hydrogen-bond donors (Lipinski definition) is 2. The van der Waals surface area contributed by atoms with Gasteiger partial charge in [-0.1, -0.05) is 18.2 Å². The number of fused-ring (bicyclic) bond motifs is 1. The van der Waals surface area contributed by atoms with Crippen LogP contribution in [0.4, 0.5) is 0 Å². The number of benzene rings is 1. The molecule has 0 spiro atoms. The van der Waals surface area contributed by atoms with Gasteiger partial charge in [-0.15, -0.1) is 11.3 Å². The number of nitrogens with one attached hydrogen (secondary N) is 2. The first-order valence-electron chi connectivity index (χ1n) is 8.17. The predicted molar refractivity (Wildman–Crippen MR) is 98.9 cm³/mol. The lowest BCUT2D eigenvalue weighted by Gasteiger charge is -2.16. The number of ether oxygens (including phenoxy) is 1. The molecule has 1 atom stereocenters. The number of amides is 1. The zero-order chi connectivity index (χ0) is 17.8. The van der Waals surface area contributed by atoms with Gasteiger partial charge in [-0.25, -0.2) is 4.79 Å². The minimum absolute atomic E-state index is 0.254. The zero-order valence-electron chi connectivity index (χ0n) is 14.2. The Hall–Kier alpha value is -2.60. The maximum atomic E-state index is 12.5. The van der Waals surface area contributed by atoms with E-state index in [0.717, 1.165) is 21.3 Å². The van der Waals surface area contributed by atoms with Crippen molar-refractivity contribution in [1.82, 2.24) is 10.3 Å². The summed E-state index contributed by atoms with van der Waals surface area (Å²) in [7, 11) is 0. The van der Waals surface area contributed by atoms with Crippen LogP contribution in [0.2, 0.25) is 0 Å². The Labute approximate surface area is 150 Å². The topological polar surface area (TPSA) is 71.2 Å². The molecule has 0 aliphatic carbocycles. The fourth-order valence-corrected chi connectivity index (χ4v) is 3.51. The van der Waals surface area contributed by atoms with E-state index in [-0.39, 0.29) is 12.5 Å². The van der Waals surface area contributed by atoms with Gasteiger partial charge in [0, 0.05) is 28.4 Å². The van der Waals surface area contributed by atoms with Crippen LogP contribution in [0.5, 0.6) is 0 Å². The van der Waals surface area contributed by atoms with Crippen LogP contribution in [0.25, 0.3) is 10.9 Å². The summed E-state index contributed by atoms with van der Waals surface area (Å²) >= 11 is 1.40. The summed E-state index contributed by atoms with van der Waals surface area (Å²) in [5, 5.41) is 3.86. The fraction of sp³-hybridized carbons (Fsp3) is 0.263. The third-order valence-electron chi connectivity index (χ3n) is 3.94. The monoisotopic (exact) mass is 356 g/mol. The number of hydrogen-bond acceptors (Lipinski definition) is 4. The Morgan fingerprint density at radius 1 is 1.24 bits per heavy atom. The van der Waals surface area contributed by atoms with Gasteiger partial charge in [0.05, 0.1) is 11.5 Å². The molecule has 1 aromatic carbocycles. The lowest BCUT2D eigenvalue weighted by molar-refractivity contribution is -0.145. The number of aromatic nitrogens is 1. The summed E-state index contributed by atoms with van der Waals surface area (Å²) in [6.45, 7) is 3.97.